The number of hydrogen-bond acceptors (Lipinski definition) is 9. The molecule has 0 fully saturated rings. The first kappa shape index (κ1) is 76.0. The second kappa shape index (κ2) is 42.8. The van der Waals surface area contributed by atoms with Crippen LogP contribution in [-0.4, -0.2) is 47.6 Å². The van der Waals surface area contributed by atoms with E-state index in [1.54, 1.807) is 49.2 Å². The van der Waals surface area contributed by atoms with E-state index >= 15 is 0 Å². The van der Waals surface area contributed by atoms with Crippen molar-refractivity contribution in [1.82, 2.24) is 29.9 Å². The molecule has 0 unspecified atom stereocenters. The molecule has 0 bridgehead atoms. The molecule has 0 spiro atoms. The SMILES string of the molecule is CC.CC.CC.CC[CH-]C(=O)[N-]c1cc(-c2c[nH]c3ncccc23)cs1.CC[CH-]C(=O)[N-]c1ccc(-c2c[nH]c3ncccc23)s1.CC[CH-]C(=O)[N-]c1csc(-c2c[nH]c3ncccc23)c1.[Y].[Y].[Y].[Y].[Y].[Y]. The number of thiophene rings is 3. The number of pyridine rings is 3. The van der Waals surface area contributed by atoms with Crippen LogP contribution in [0.4, 0.5) is 15.7 Å². The van der Waals surface area contributed by atoms with Gasteiger partial charge in [0.15, 0.2) is 0 Å². The summed E-state index contributed by atoms with van der Waals surface area (Å²) in [5.74, 6) is -0.541. The molecule has 12 nitrogen and oxygen atoms in total. The Labute approximate surface area is 588 Å². The van der Waals surface area contributed by atoms with Crippen LogP contribution in [0.15, 0.2) is 109 Å². The molecule has 21 heteroatoms. The zero-order valence-electron chi connectivity index (χ0n) is 42.3. The largest absolute Gasteiger partial charge is 0.653 e. The molecule has 0 aliphatic rings. The quantitative estimate of drug-likeness (QED) is 0.102. The van der Waals surface area contributed by atoms with Crippen LogP contribution in [-0.2, 0) is 211 Å². The topological polar surface area (TPSA) is 180 Å². The van der Waals surface area contributed by atoms with Gasteiger partial charge in [-0.2, -0.15) is 41.9 Å². The van der Waals surface area contributed by atoms with E-state index in [0.717, 1.165) is 75.1 Å². The minimum atomic E-state index is -0.183. The third-order valence-electron chi connectivity index (χ3n) is 8.77. The summed E-state index contributed by atoms with van der Waals surface area (Å²) in [5.41, 5.74) is 7.61. The maximum absolute atomic E-state index is 11.5. The number of aromatic amines is 3. The number of nitrogens with zero attached hydrogens (tertiary/aromatic N) is 6. The molecule has 9 heterocycles. The van der Waals surface area contributed by atoms with E-state index in [0.29, 0.717) is 24.9 Å². The van der Waals surface area contributed by atoms with Crippen molar-refractivity contribution < 1.29 is 211 Å². The maximum Gasteiger partial charge on any atom is 0.137 e. The normalized spacial score (nSPS) is 9.12. The van der Waals surface area contributed by atoms with Gasteiger partial charge in [-0.25, -0.2) is 15.0 Å². The van der Waals surface area contributed by atoms with Crippen molar-refractivity contribution in [3.8, 4) is 32.0 Å². The smallest absolute Gasteiger partial charge is 0.137 e. The molecule has 3 amide bonds. The molecule has 9 aromatic rings. The monoisotopic (exact) mass is 1470 g/mol. The first-order valence-corrected chi connectivity index (χ1v) is 24.7. The van der Waals surface area contributed by atoms with Gasteiger partial charge in [0.2, 0.25) is 0 Å². The van der Waals surface area contributed by atoms with Crippen molar-refractivity contribution in [3.05, 3.63) is 144 Å². The van der Waals surface area contributed by atoms with Gasteiger partial charge in [0, 0.05) is 276 Å². The number of amides is 3. The van der Waals surface area contributed by atoms with Crippen molar-refractivity contribution in [3.63, 3.8) is 0 Å². The molecule has 9 rings (SSSR count). The fourth-order valence-corrected chi connectivity index (χ4v) is 8.65. The van der Waals surface area contributed by atoms with E-state index in [1.807, 2.05) is 152 Å². The molecule has 9 aromatic heterocycles. The number of nitrogens with one attached hydrogen (secondary N) is 3. The second-order valence-electron chi connectivity index (χ2n) is 13.0. The Morgan fingerprint density at radius 1 is 0.500 bits per heavy atom. The maximum atomic E-state index is 11.5. The predicted octanol–water partition coefficient (Wildman–Crippen LogP) is 16.4. The Morgan fingerprint density at radius 2 is 0.917 bits per heavy atom. The zero-order valence-corrected chi connectivity index (χ0v) is 61.8. The van der Waals surface area contributed by atoms with Gasteiger partial charge >= 0.3 is 0 Å². The molecule has 3 N–H and O–H groups in total. The van der Waals surface area contributed by atoms with Gasteiger partial charge in [-0.15, -0.1) is 17.0 Å². The van der Waals surface area contributed by atoms with E-state index in [9.17, 15) is 14.4 Å². The van der Waals surface area contributed by atoms with Gasteiger partial charge < -0.3 is 64.5 Å². The number of H-pyrrole nitrogens is 3. The van der Waals surface area contributed by atoms with E-state index in [-0.39, 0.29) is 214 Å². The molecule has 0 aliphatic heterocycles. The minimum Gasteiger partial charge on any atom is -0.653 e. The van der Waals surface area contributed by atoms with Crippen LogP contribution in [0, 0.1) is 19.3 Å². The zero-order chi connectivity index (χ0) is 47.8. The molecule has 0 aliphatic carbocycles. The summed E-state index contributed by atoms with van der Waals surface area (Å²) >= 11 is 4.55. The molecular formula is C51H57N9O3S3Y6-6. The Balaban J connectivity index is -0.000000905. The van der Waals surface area contributed by atoms with Gasteiger partial charge in [0.1, 0.15) is 16.9 Å². The molecule has 72 heavy (non-hydrogen) atoms. The predicted molar refractivity (Wildman–Crippen MR) is 280 cm³/mol. The summed E-state index contributed by atoms with van der Waals surface area (Å²) in [6, 6.07) is 19.5. The molecular weight excluding hydrogens is 1420 g/mol. The van der Waals surface area contributed by atoms with Crippen LogP contribution in [0.2, 0.25) is 0 Å². The van der Waals surface area contributed by atoms with E-state index < -0.39 is 0 Å². The fourth-order valence-electron chi connectivity index (χ4n) is 6.10. The molecule has 0 saturated carbocycles. The molecule has 0 aromatic carbocycles. The number of rotatable bonds is 12. The van der Waals surface area contributed by atoms with Crippen molar-refractivity contribution in [1.29, 1.82) is 0 Å². The van der Waals surface area contributed by atoms with Gasteiger partial charge in [-0.05, 0) is 58.8 Å². The average molecular weight is 1470 g/mol. The third-order valence-corrected chi connectivity index (χ3v) is 11.6. The Bertz CT molecular complexity index is 2570. The number of aromatic nitrogens is 6. The summed E-state index contributed by atoms with van der Waals surface area (Å²) in [6.45, 7) is 17.8. The van der Waals surface area contributed by atoms with E-state index in [2.05, 4.69) is 45.9 Å². The van der Waals surface area contributed by atoms with Crippen molar-refractivity contribution >= 4 is 101 Å². The third kappa shape index (κ3) is 23.0. The van der Waals surface area contributed by atoms with E-state index in [4.69, 9.17) is 0 Å². The van der Waals surface area contributed by atoms with Gasteiger partial charge in [-0.3, -0.25) is 0 Å². The first-order valence-electron chi connectivity index (χ1n) is 22.1. The number of hydrogen-bond donors (Lipinski definition) is 3. The number of carbonyl (C=O) groups is 3. The van der Waals surface area contributed by atoms with Crippen LogP contribution < -0.4 is 0 Å². The number of fused-ring (bicyclic) bond motifs is 3. The molecule has 0 saturated heterocycles. The van der Waals surface area contributed by atoms with Crippen LogP contribution in [0.1, 0.15) is 81.6 Å². The molecule has 366 valence electrons. The molecule has 0 atom stereocenters. The average Bonchev–Trinajstić information content (AvgIpc) is 4.22. The Kier molecular flexibility index (Phi) is 45.2. The summed E-state index contributed by atoms with van der Waals surface area (Å²) < 4.78 is 0. The number of carbonyl (C=O) groups excluding carboxylic acids is 3. The van der Waals surface area contributed by atoms with Crippen molar-refractivity contribution in [2.45, 2.75) is 81.6 Å². The molecule has 6 radical (unpaired) electrons. The van der Waals surface area contributed by atoms with Crippen molar-refractivity contribution in [2.75, 3.05) is 0 Å². The standard InChI is InChI=1S/3C15H14N3OS.3C2H6.6Y/c1-2-4-13(19)18-14-7-6-12(20-14)11-9-17-15-10(11)5-3-8-16-15;1-2-4-14(19)18-10-7-13(20-9-10)12-8-17-15-11(12)5-3-6-16-15;1-2-4-13(19)18-14-7-10(9-20-14)12-8-17-15-11(12)5-3-6-16-15;3*1-2;;;;;;/h3*3-9H,2H2,1H3,(H2,16,17,18,19);3*1-2H3;;;;;;/q3*-1;;;;;;;;;/p-3. The first-order chi connectivity index (χ1) is 32.3. The minimum absolute atomic E-state index is 0. The van der Waals surface area contributed by atoms with Crippen LogP contribution in [0.25, 0.3) is 81.1 Å². The second-order valence-corrected chi connectivity index (χ2v) is 15.8. The van der Waals surface area contributed by atoms with Crippen molar-refractivity contribution in [2.24, 2.45) is 0 Å². The summed E-state index contributed by atoms with van der Waals surface area (Å²) in [7, 11) is 0. The summed E-state index contributed by atoms with van der Waals surface area (Å²) in [4.78, 5) is 58.9. The van der Waals surface area contributed by atoms with E-state index in [1.165, 1.54) is 22.7 Å². The van der Waals surface area contributed by atoms with Gasteiger partial charge in [0.25, 0.3) is 0 Å². The van der Waals surface area contributed by atoms with Crippen LogP contribution in [0.5, 0.6) is 0 Å². The summed E-state index contributed by atoms with van der Waals surface area (Å²) in [5, 5.41) is 20.8. The van der Waals surface area contributed by atoms with Crippen LogP contribution >= 0.6 is 34.0 Å². The Morgan fingerprint density at radius 3 is 1.39 bits per heavy atom. The fraction of sp³-hybridized carbons (Fsp3) is 0.235. The van der Waals surface area contributed by atoms with Gasteiger partial charge in [-0.1, -0.05) is 108 Å². The summed E-state index contributed by atoms with van der Waals surface area (Å²) in [6.07, 6.45) is 17.9. The van der Waals surface area contributed by atoms with Gasteiger partial charge in [0.05, 0.1) is 0 Å². The van der Waals surface area contributed by atoms with Crippen LogP contribution in [0.3, 0.4) is 0 Å². The Hall–Kier alpha value is -0.187.